The smallest absolute Gasteiger partial charge is 0.122 e. The van der Waals surface area contributed by atoms with Gasteiger partial charge in [0.2, 0.25) is 0 Å². The molecule has 3 rings (SSSR count). The van der Waals surface area contributed by atoms with E-state index in [-0.39, 0.29) is 0 Å². The summed E-state index contributed by atoms with van der Waals surface area (Å²) in [6, 6.07) is 5.60. The summed E-state index contributed by atoms with van der Waals surface area (Å²) in [5, 5.41) is 11.1. The molecule has 5 heteroatoms. The number of hydrogen-bond donors (Lipinski definition) is 2. The van der Waals surface area contributed by atoms with Gasteiger partial charge in [-0.15, -0.1) is 0 Å². The van der Waals surface area contributed by atoms with Crippen LogP contribution in [0.4, 0.5) is 5.69 Å². The molecule has 1 aliphatic carbocycles. The molecule has 1 aliphatic rings. The molecule has 1 aromatic carbocycles. The molecule has 1 unspecified atom stereocenters. The zero-order valence-electron chi connectivity index (χ0n) is 10.0. The van der Waals surface area contributed by atoms with Crippen molar-refractivity contribution < 1.29 is 5.11 Å². The molecule has 0 bridgehead atoms. The van der Waals surface area contributed by atoms with E-state index in [0.29, 0.717) is 16.4 Å². The first-order valence-corrected chi connectivity index (χ1v) is 7.13. The molecule has 0 aliphatic heterocycles. The minimum Gasteiger partial charge on any atom is -0.398 e. The first-order valence-electron chi connectivity index (χ1n) is 5.96. The fourth-order valence-corrected chi connectivity index (χ4v) is 3.04. The van der Waals surface area contributed by atoms with Gasteiger partial charge in [0.15, 0.2) is 0 Å². The minimum absolute atomic E-state index is 0.486. The van der Waals surface area contributed by atoms with E-state index in [4.69, 9.17) is 17.3 Å². The van der Waals surface area contributed by atoms with Crippen molar-refractivity contribution in [2.24, 2.45) is 0 Å². The van der Waals surface area contributed by atoms with Crippen molar-refractivity contribution in [2.45, 2.75) is 18.9 Å². The molecule has 0 saturated heterocycles. The van der Waals surface area contributed by atoms with Gasteiger partial charge < -0.3 is 10.8 Å². The monoisotopic (exact) mass is 338 g/mol. The number of aromatic nitrogens is 1. The Morgan fingerprint density at radius 3 is 2.79 bits per heavy atom. The number of aryl methyl sites for hydroxylation is 2. The van der Waals surface area contributed by atoms with Crippen LogP contribution in [0.1, 0.15) is 28.5 Å². The van der Waals surface area contributed by atoms with Crippen molar-refractivity contribution in [2.75, 3.05) is 5.73 Å². The Morgan fingerprint density at radius 1 is 1.26 bits per heavy atom. The predicted octanol–water partition coefficient (Wildman–Crippen LogP) is 3.26. The molecular formula is C14H12BrClN2O. The second-order valence-electron chi connectivity index (χ2n) is 4.67. The van der Waals surface area contributed by atoms with Gasteiger partial charge in [0.05, 0.1) is 16.4 Å². The maximum Gasteiger partial charge on any atom is 0.122 e. The van der Waals surface area contributed by atoms with Gasteiger partial charge in [0.25, 0.3) is 0 Å². The molecule has 1 aromatic heterocycles. The third kappa shape index (κ3) is 2.24. The van der Waals surface area contributed by atoms with Crippen molar-refractivity contribution >= 4 is 33.2 Å². The number of nitrogens with zero attached hydrogens (tertiary/aromatic N) is 1. The van der Waals surface area contributed by atoms with Gasteiger partial charge in [-0.25, -0.2) is 0 Å². The average Bonchev–Trinajstić information content (AvgIpc) is 2.50. The van der Waals surface area contributed by atoms with E-state index >= 15 is 0 Å². The van der Waals surface area contributed by atoms with Gasteiger partial charge >= 0.3 is 0 Å². The minimum atomic E-state index is -0.750. The van der Waals surface area contributed by atoms with Crippen molar-refractivity contribution in [3.05, 3.63) is 56.3 Å². The largest absolute Gasteiger partial charge is 0.398 e. The Kier molecular flexibility index (Phi) is 3.25. The van der Waals surface area contributed by atoms with Crippen LogP contribution in [0, 0.1) is 0 Å². The number of nitrogens with two attached hydrogens (primary N) is 1. The lowest BCUT2D eigenvalue weighted by atomic mass is 10.00. The molecule has 1 atom stereocenters. The predicted molar refractivity (Wildman–Crippen MR) is 79.3 cm³/mol. The Hall–Kier alpha value is -1.10. The van der Waals surface area contributed by atoms with Crippen LogP contribution in [0.25, 0.3) is 0 Å². The van der Waals surface area contributed by atoms with Crippen LogP contribution in [0.5, 0.6) is 0 Å². The Labute approximate surface area is 124 Å². The second-order valence-corrected chi connectivity index (χ2v) is 6.00. The SMILES string of the molecule is Nc1cc2c(cc1Cl)CCc1cc(Br)cnc1C2O. The van der Waals surface area contributed by atoms with Crippen molar-refractivity contribution in [3.8, 4) is 0 Å². The number of halogens is 2. The molecule has 0 fully saturated rings. The number of fused-ring (bicyclic) bond motifs is 2. The quantitative estimate of drug-likeness (QED) is 0.724. The van der Waals surface area contributed by atoms with E-state index in [9.17, 15) is 5.11 Å². The molecule has 1 heterocycles. The standard InChI is InChI=1S/C14H12BrClN2O/c15-9-3-8-2-1-7-4-11(16)12(17)5-10(7)14(19)13(8)18-6-9/h3-6,14,19H,1-2,17H2. The molecule has 19 heavy (non-hydrogen) atoms. The summed E-state index contributed by atoms with van der Waals surface area (Å²) in [6.07, 6.45) is 2.59. The highest BCUT2D eigenvalue weighted by molar-refractivity contribution is 9.10. The Balaban J connectivity index is 2.17. The highest BCUT2D eigenvalue weighted by Crippen LogP contribution is 2.35. The molecule has 0 saturated carbocycles. The molecule has 2 aromatic rings. The number of hydrogen-bond acceptors (Lipinski definition) is 3. The van der Waals surface area contributed by atoms with Crippen molar-refractivity contribution in [1.29, 1.82) is 0 Å². The van der Waals surface area contributed by atoms with Gasteiger partial charge in [0, 0.05) is 10.7 Å². The molecule has 0 spiro atoms. The molecular weight excluding hydrogens is 328 g/mol. The van der Waals surface area contributed by atoms with E-state index in [1.165, 1.54) is 0 Å². The summed E-state index contributed by atoms with van der Waals surface area (Å²) in [6.45, 7) is 0. The number of anilines is 1. The summed E-state index contributed by atoms with van der Waals surface area (Å²) in [5.74, 6) is 0. The number of aliphatic hydroxyl groups is 1. The lowest BCUT2D eigenvalue weighted by molar-refractivity contribution is 0.214. The number of benzene rings is 1. The Bertz CT molecular complexity index is 660. The lowest BCUT2D eigenvalue weighted by Crippen LogP contribution is -2.06. The van der Waals surface area contributed by atoms with Crippen LogP contribution < -0.4 is 5.73 Å². The molecule has 3 nitrogen and oxygen atoms in total. The zero-order valence-corrected chi connectivity index (χ0v) is 12.4. The van der Waals surface area contributed by atoms with Gasteiger partial charge in [-0.2, -0.15) is 0 Å². The fourth-order valence-electron chi connectivity index (χ4n) is 2.47. The van der Waals surface area contributed by atoms with Crippen LogP contribution >= 0.6 is 27.5 Å². The summed E-state index contributed by atoms with van der Waals surface area (Å²) in [5.41, 5.74) is 9.89. The number of aliphatic hydroxyl groups excluding tert-OH is 1. The maximum atomic E-state index is 10.5. The second kappa shape index (κ2) is 4.78. The fraction of sp³-hybridized carbons (Fsp3) is 0.214. The van der Waals surface area contributed by atoms with Gasteiger partial charge in [-0.05, 0) is 63.7 Å². The van der Waals surface area contributed by atoms with Crippen LogP contribution in [0.15, 0.2) is 28.9 Å². The van der Waals surface area contributed by atoms with Crippen molar-refractivity contribution in [3.63, 3.8) is 0 Å². The van der Waals surface area contributed by atoms with E-state index in [2.05, 4.69) is 20.9 Å². The van der Waals surface area contributed by atoms with E-state index in [1.54, 1.807) is 12.3 Å². The summed E-state index contributed by atoms with van der Waals surface area (Å²) in [7, 11) is 0. The van der Waals surface area contributed by atoms with Gasteiger partial charge in [-0.1, -0.05) is 11.6 Å². The zero-order chi connectivity index (χ0) is 13.6. The van der Waals surface area contributed by atoms with E-state index < -0.39 is 6.10 Å². The maximum absolute atomic E-state index is 10.5. The van der Waals surface area contributed by atoms with Gasteiger partial charge in [-0.3, -0.25) is 4.98 Å². The summed E-state index contributed by atoms with van der Waals surface area (Å²) in [4.78, 5) is 4.34. The molecule has 0 radical (unpaired) electrons. The van der Waals surface area contributed by atoms with Crippen LogP contribution in [0.3, 0.4) is 0 Å². The summed E-state index contributed by atoms with van der Waals surface area (Å²) < 4.78 is 0.918. The topological polar surface area (TPSA) is 59.1 Å². The number of pyridine rings is 1. The van der Waals surface area contributed by atoms with Gasteiger partial charge in [0.1, 0.15) is 6.10 Å². The van der Waals surface area contributed by atoms with E-state index in [1.807, 2.05) is 12.1 Å². The van der Waals surface area contributed by atoms with Crippen molar-refractivity contribution in [1.82, 2.24) is 4.98 Å². The normalized spacial score (nSPS) is 17.5. The molecule has 0 amide bonds. The van der Waals surface area contributed by atoms with Crippen LogP contribution in [-0.2, 0) is 12.8 Å². The summed E-state index contributed by atoms with van der Waals surface area (Å²) >= 11 is 9.46. The lowest BCUT2D eigenvalue weighted by Gasteiger charge is -2.14. The highest BCUT2D eigenvalue weighted by Gasteiger charge is 2.24. The first-order chi connectivity index (χ1) is 9.06. The van der Waals surface area contributed by atoms with Crippen LogP contribution in [0.2, 0.25) is 5.02 Å². The van der Waals surface area contributed by atoms with Crippen LogP contribution in [-0.4, -0.2) is 10.1 Å². The molecule has 3 N–H and O–H groups in total. The number of nitrogen functional groups attached to an aromatic ring is 1. The first kappa shape index (κ1) is 12.9. The van der Waals surface area contributed by atoms with E-state index in [0.717, 1.165) is 34.0 Å². The average molecular weight is 340 g/mol. The third-order valence-corrected chi connectivity index (χ3v) is 4.20. The third-order valence-electron chi connectivity index (χ3n) is 3.44. The highest BCUT2D eigenvalue weighted by atomic mass is 79.9. The number of rotatable bonds is 0. The Morgan fingerprint density at radius 2 is 2.00 bits per heavy atom. The molecule has 98 valence electrons.